The number of para-hydroxylation sites is 1. The Hall–Kier alpha value is -2.67. The fraction of sp³-hybridized carbons (Fsp3) is 0.118. The number of aryl methyl sites for hydroxylation is 1. The van der Waals surface area contributed by atoms with E-state index in [9.17, 15) is 13.6 Å². The molecule has 1 aromatic carbocycles. The quantitative estimate of drug-likeness (QED) is 0.759. The summed E-state index contributed by atoms with van der Waals surface area (Å²) in [5, 5.41) is 4.94. The fourth-order valence-electron chi connectivity index (χ4n) is 2.10. The average Bonchev–Trinajstić information content (AvgIpc) is 3.06. The molecule has 4 nitrogen and oxygen atoms in total. The molecule has 0 aliphatic rings. The lowest BCUT2D eigenvalue weighted by molar-refractivity contribution is -0.116. The Balaban J connectivity index is 1.60. The van der Waals surface area contributed by atoms with Gasteiger partial charge in [-0.1, -0.05) is 6.07 Å². The van der Waals surface area contributed by atoms with Gasteiger partial charge in [-0.15, -0.1) is 11.3 Å². The van der Waals surface area contributed by atoms with E-state index in [2.05, 4.69) is 15.3 Å². The zero-order chi connectivity index (χ0) is 16.9. The van der Waals surface area contributed by atoms with Crippen molar-refractivity contribution in [3.05, 3.63) is 65.4 Å². The molecule has 0 aliphatic heterocycles. The van der Waals surface area contributed by atoms with Crippen molar-refractivity contribution in [3.63, 3.8) is 0 Å². The molecule has 0 radical (unpaired) electrons. The summed E-state index contributed by atoms with van der Waals surface area (Å²) in [4.78, 5) is 20.4. The van der Waals surface area contributed by atoms with E-state index in [4.69, 9.17) is 0 Å². The van der Waals surface area contributed by atoms with Crippen molar-refractivity contribution in [2.75, 3.05) is 5.32 Å². The number of thiazole rings is 1. The first kappa shape index (κ1) is 16.2. The number of nitrogens with zero attached hydrogens (tertiary/aromatic N) is 2. The lowest BCUT2D eigenvalue weighted by Crippen LogP contribution is -2.14. The summed E-state index contributed by atoms with van der Waals surface area (Å²) in [6, 6.07) is 7.17. The van der Waals surface area contributed by atoms with Crippen LogP contribution in [0.5, 0.6) is 0 Å². The van der Waals surface area contributed by atoms with E-state index in [1.165, 1.54) is 17.4 Å². The molecule has 0 bridgehead atoms. The van der Waals surface area contributed by atoms with Crippen LogP contribution in [0.2, 0.25) is 0 Å². The minimum Gasteiger partial charge on any atom is -0.321 e. The van der Waals surface area contributed by atoms with Gasteiger partial charge in [0.25, 0.3) is 0 Å². The maximum atomic E-state index is 13.5. The third kappa shape index (κ3) is 3.80. The number of nitrogens with one attached hydrogen (secondary N) is 1. The molecular formula is C17H13F2N3OS. The van der Waals surface area contributed by atoms with E-state index in [0.29, 0.717) is 6.42 Å². The number of carbonyl (C=O) groups excluding carboxylic acids is 1. The summed E-state index contributed by atoms with van der Waals surface area (Å²) in [5.74, 6) is -2.05. The van der Waals surface area contributed by atoms with Crippen LogP contribution in [0.4, 0.5) is 14.5 Å². The van der Waals surface area contributed by atoms with E-state index >= 15 is 0 Å². The molecule has 1 amide bonds. The molecule has 3 rings (SSSR count). The molecule has 0 aliphatic carbocycles. The van der Waals surface area contributed by atoms with Crippen LogP contribution in [-0.4, -0.2) is 15.9 Å². The summed E-state index contributed by atoms with van der Waals surface area (Å²) in [6.45, 7) is 0. The van der Waals surface area contributed by atoms with E-state index < -0.39 is 23.2 Å². The highest BCUT2D eigenvalue weighted by molar-refractivity contribution is 7.13. The maximum Gasteiger partial charge on any atom is 0.224 e. The number of aromatic nitrogens is 2. The zero-order valence-electron chi connectivity index (χ0n) is 12.5. The number of halogens is 2. The van der Waals surface area contributed by atoms with Gasteiger partial charge in [0, 0.05) is 29.8 Å². The van der Waals surface area contributed by atoms with Crippen molar-refractivity contribution in [2.24, 2.45) is 0 Å². The third-order valence-electron chi connectivity index (χ3n) is 3.30. The second-order valence-corrected chi connectivity index (χ2v) is 5.89. The van der Waals surface area contributed by atoms with Crippen LogP contribution in [0.25, 0.3) is 10.6 Å². The molecule has 3 aromatic rings. The van der Waals surface area contributed by atoms with Crippen LogP contribution in [0.15, 0.2) is 48.1 Å². The van der Waals surface area contributed by atoms with Gasteiger partial charge >= 0.3 is 0 Å². The summed E-state index contributed by atoms with van der Waals surface area (Å²) in [7, 11) is 0. The average molecular weight is 345 g/mol. The fourth-order valence-corrected chi connectivity index (χ4v) is 2.95. The topological polar surface area (TPSA) is 54.9 Å². The van der Waals surface area contributed by atoms with Gasteiger partial charge < -0.3 is 5.32 Å². The summed E-state index contributed by atoms with van der Waals surface area (Å²) in [5.41, 5.74) is 1.24. The molecule has 1 N–H and O–H groups in total. The monoisotopic (exact) mass is 345 g/mol. The predicted molar refractivity (Wildman–Crippen MR) is 88.7 cm³/mol. The van der Waals surface area contributed by atoms with Crippen molar-refractivity contribution in [1.82, 2.24) is 9.97 Å². The molecule has 0 unspecified atom stereocenters. The van der Waals surface area contributed by atoms with Gasteiger partial charge in [-0.25, -0.2) is 13.8 Å². The highest BCUT2D eigenvalue weighted by Gasteiger charge is 2.12. The van der Waals surface area contributed by atoms with E-state index in [1.807, 2.05) is 17.5 Å². The molecule has 0 atom stereocenters. The molecule has 0 fully saturated rings. The Bertz CT molecular complexity index is 832. The summed E-state index contributed by atoms with van der Waals surface area (Å²) in [6.07, 6.45) is 3.88. The van der Waals surface area contributed by atoms with Crippen LogP contribution < -0.4 is 5.32 Å². The SMILES string of the molecule is O=C(CCc1csc(-c2cccnc2)n1)Nc1c(F)cccc1F. The third-order valence-corrected chi connectivity index (χ3v) is 4.24. The van der Waals surface area contributed by atoms with Gasteiger partial charge in [0.2, 0.25) is 5.91 Å². The van der Waals surface area contributed by atoms with Crippen LogP contribution in [-0.2, 0) is 11.2 Å². The van der Waals surface area contributed by atoms with Gasteiger partial charge in [-0.05, 0) is 30.7 Å². The number of rotatable bonds is 5. The largest absolute Gasteiger partial charge is 0.321 e. The highest BCUT2D eigenvalue weighted by atomic mass is 32.1. The van der Waals surface area contributed by atoms with Crippen molar-refractivity contribution in [1.29, 1.82) is 0 Å². The lowest BCUT2D eigenvalue weighted by atomic mass is 10.2. The molecule has 7 heteroatoms. The number of anilines is 1. The lowest BCUT2D eigenvalue weighted by Gasteiger charge is -2.06. The van der Waals surface area contributed by atoms with E-state index in [-0.39, 0.29) is 6.42 Å². The first-order valence-corrected chi connectivity index (χ1v) is 8.10. The van der Waals surface area contributed by atoms with Gasteiger partial charge in [-0.3, -0.25) is 9.78 Å². The second kappa shape index (κ2) is 7.27. The Morgan fingerprint density at radius 3 is 2.67 bits per heavy atom. The van der Waals surface area contributed by atoms with E-state index in [1.54, 1.807) is 12.4 Å². The second-order valence-electron chi connectivity index (χ2n) is 5.03. The first-order valence-electron chi connectivity index (χ1n) is 7.22. The number of benzene rings is 1. The van der Waals surface area contributed by atoms with Crippen molar-refractivity contribution >= 4 is 22.9 Å². The van der Waals surface area contributed by atoms with Gasteiger partial charge in [0.05, 0.1) is 5.69 Å². The Morgan fingerprint density at radius 1 is 1.17 bits per heavy atom. The molecule has 0 spiro atoms. The zero-order valence-corrected chi connectivity index (χ0v) is 13.3. The van der Waals surface area contributed by atoms with Crippen molar-refractivity contribution in [3.8, 4) is 10.6 Å². The minimum atomic E-state index is -0.795. The number of hydrogen-bond donors (Lipinski definition) is 1. The number of pyridine rings is 1. The van der Waals surface area contributed by atoms with Gasteiger partial charge in [-0.2, -0.15) is 0 Å². The van der Waals surface area contributed by atoms with Gasteiger partial charge in [0.15, 0.2) is 0 Å². The first-order chi connectivity index (χ1) is 11.6. The van der Waals surface area contributed by atoms with Crippen LogP contribution >= 0.6 is 11.3 Å². The Morgan fingerprint density at radius 2 is 1.96 bits per heavy atom. The Kier molecular flexibility index (Phi) is 4.90. The standard InChI is InChI=1S/C17H13F2N3OS/c18-13-4-1-5-14(19)16(13)22-15(23)7-6-12-10-24-17(21-12)11-3-2-8-20-9-11/h1-5,8-10H,6-7H2,(H,22,23). The smallest absolute Gasteiger partial charge is 0.224 e. The van der Waals surface area contributed by atoms with Crippen molar-refractivity contribution in [2.45, 2.75) is 12.8 Å². The molecule has 2 aromatic heterocycles. The summed E-state index contributed by atoms with van der Waals surface area (Å²) >= 11 is 1.46. The number of carbonyl (C=O) groups is 1. The van der Waals surface area contributed by atoms with E-state index in [0.717, 1.165) is 28.4 Å². The predicted octanol–water partition coefficient (Wildman–Crippen LogP) is 4.05. The maximum absolute atomic E-state index is 13.5. The van der Waals surface area contributed by atoms with Crippen LogP contribution in [0.1, 0.15) is 12.1 Å². The Labute approximate surface area is 141 Å². The molecule has 2 heterocycles. The molecule has 0 saturated heterocycles. The number of amides is 1. The number of hydrogen-bond acceptors (Lipinski definition) is 4. The molecule has 122 valence electrons. The van der Waals surface area contributed by atoms with Crippen LogP contribution in [0, 0.1) is 11.6 Å². The normalized spacial score (nSPS) is 10.6. The van der Waals surface area contributed by atoms with Gasteiger partial charge in [0.1, 0.15) is 22.3 Å². The molecule has 0 saturated carbocycles. The van der Waals surface area contributed by atoms with Crippen LogP contribution in [0.3, 0.4) is 0 Å². The van der Waals surface area contributed by atoms with Crippen molar-refractivity contribution < 1.29 is 13.6 Å². The minimum absolute atomic E-state index is 0.0873. The molecule has 24 heavy (non-hydrogen) atoms. The highest BCUT2D eigenvalue weighted by Crippen LogP contribution is 2.23. The summed E-state index contributed by atoms with van der Waals surface area (Å²) < 4.78 is 27.0. The molecular weight excluding hydrogens is 332 g/mol.